The lowest BCUT2D eigenvalue weighted by Gasteiger charge is -2.38. The van der Waals surface area contributed by atoms with Crippen molar-refractivity contribution in [3.8, 4) is 5.75 Å². The molecule has 5 nitrogen and oxygen atoms in total. The molecule has 1 aliphatic heterocycles. The molecule has 1 saturated heterocycles. The van der Waals surface area contributed by atoms with Crippen LogP contribution < -0.4 is 15.0 Å². The van der Waals surface area contributed by atoms with Gasteiger partial charge in [-0.1, -0.05) is 18.2 Å². The SMILES string of the molecule is COc1ccccc1N1CCN(C(C)C(=O)NCc2cccs2)CC1. The van der Waals surface area contributed by atoms with Crippen LogP contribution in [0, 0.1) is 0 Å². The van der Waals surface area contributed by atoms with E-state index in [9.17, 15) is 4.79 Å². The van der Waals surface area contributed by atoms with Crippen LogP contribution in [-0.4, -0.2) is 50.1 Å². The second-order valence-corrected chi connectivity index (χ2v) is 7.20. The van der Waals surface area contributed by atoms with Crippen LogP contribution in [0.25, 0.3) is 0 Å². The van der Waals surface area contributed by atoms with Crippen LogP contribution in [-0.2, 0) is 11.3 Å². The highest BCUT2D eigenvalue weighted by molar-refractivity contribution is 7.09. The molecule has 6 heteroatoms. The predicted octanol–water partition coefficient (Wildman–Crippen LogP) is 2.58. The van der Waals surface area contributed by atoms with Crippen molar-refractivity contribution < 1.29 is 9.53 Å². The third kappa shape index (κ3) is 4.32. The molecule has 1 fully saturated rings. The Kier molecular flexibility index (Phi) is 5.94. The second-order valence-electron chi connectivity index (χ2n) is 6.17. The van der Waals surface area contributed by atoms with E-state index in [0.717, 1.165) is 37.6 Å². The Morgan fingerprint density at radius 1 is 1.20 bits per heavy atom. The summed E-state index contributed by atoms with van der Waals surface area (Å²) in [5, 5.41) is 5.07. The zero-order chi connectivity index (χ0) is 17.6. The van der Waals surface area contributed by atoms with Gasteiger partial charge in [0.2, 0.25) is 5.91 Å². The van der Waals surface area contributed by atoms with Gasteiger partial charge in [0.25, 0.3) is 0 Å². The van der Waals surface area contributed by atoms with E-state index in [4.69, 9.17) is 4.74 Å². The lowest BCUT2D eigenvalue weighted by atomic mass is 10.2. The molecule has 1 N–H and O–H groups in total. The highest BCUT2D eigenvalue weighted by Crippen LogP contribution is 2.28. The zero-order valence-electron chi connectivity index (χ0n) is 14.8. The van der Waals surface area contributed by atoms with Crippen LogP contribution in [0.2, 0.25) is 0 Å². The van der Waals surface area contributed by atoms with Gasteiger partial charge in [0.1, 0.15) is 5.75 Å². The highest BCUT2D eigenvalue weighted by Gasteiger charge is 2.26. The molecule has 2 aromatic rings. The number of carbonyl (C=O) groups excluding carboxylic acids is 1. The first kappa shape index (κ1) is 17.8. The number of piperazine rings is 1. The number of benzene rings is 1. The van der Waals surface area contributed by atoms with Gasteiger partial charge in [-0.05, 0) is 30.5 Å². The Balaban J connectivity index is 1.52. The fourth-order valence-corrected chi connectivity index (χ4v) is 3.79. The van der Waals surface area contributed by atoms with Gasteiger partial charge in [0, 0.05) is 31.1 Å². The van der Waals surface area contributed by atoms with E-state index in [1.54, 1.807) is 18.4 Å². The van der Waals surface area contributed by atoms with Crippen LogP contribution in [0.4, 0.5) is 5.69 Å². The second kappa shape index (κ2) is 8.36. The number of hydrogen-bond donors (Lipinski definition) is 1. The first-order valence-corrected chi connectivity index (χ1v) is 9.49. The first-order chi connectivity index (χ1) is 12.2. The van der Waals surface area contributed by atoms with Crippen molar-refractivity contribution in [2.75, 3.05) is 38.2 Å². The van der Waals surface area contributed by atoms with Gasteiger partial charge in [-0.3, -0.25) is 9.69 Å². The quantitative estimate of drug-likeness (QED) is 0.861. The molecule has 0 saturated carbocycles. The van der Waals surface area contributed by atoms with E-state index in [1.807, 2.05) is 42.6 Å². The standard InChI is InChI=1S/C19H25N3O2S/c1-15(19(23)20-14-16-6-5-13-25-16)21-9-11-22(12-10-21)17-7-3-4-8-18(17)24-2/h3-8,13,15H,9-12,14H2,1-2H3,(H,20,23). The fourth-order valence-electron chi connectivity index (χ4n) is 3.14. The molecule has 1 aliphatic rings. The maximum Gasteiger partial charge on any atom is 0.237 e. The third-order valence-electron chi connectivity index (χ3n) is 4.68. The summed E-state index contributed by atoms with van der Waals surface area (Å²) >= 11 is 1.67. The van der Waals surface area contributed by atoms with Crippen LogP contribution in [0.3, 0.4) is 0 Å². The average Bonchev–Trinajstić information content (AvgIpc) is 3.19. The number of para-hydroxylation sites is 2. The van der Waals surface area contributed by atoms with Crippen LogP contribution >= 0.6 is 11.3 Å². The molecule has 0 radical (unpaired) electrons. The Morgan fingerprint density at radius 3 is 2.64 bits per heavy atom. The van der Waals surface area contributed by atoms with Gasteiger partial charge in [0.05, 0.1) is 25.4 Å². The van der Waals surface area contributed by atoms with E-state index in [-0.39, 0.29) is 11.9 Å². The summed E-state index contributed by atoms with van der Waals surface area (Å²) in [6.07, 6.45) is 0. The highest BCUT2D eigenvalue weighted by atomic mass is 32.1. The van der Waals surface area contributed by atoms with Crippen molar-refractivity contribution in [1.82, 2.24) is 10.2 Å². The van der Waals surface area contributed by atoms with Gasteiger partial charge in [0.15, 0.2) is 0 Å². The number of nitrogens with one attached hydrogen (secondary N) is 1. The van der Waals surface area contributed by atoms with Gasteiger partial charge in [-0.25, -0.2) is 0 Å². The number of carbonyl (C=O) groups is 1. The Hall–Kier alpha value is -2.05. The number of nitrogens with zero attached hydrogens (tertiary/aromatic N) is 2. The maximum absolute atomic E-state index is 12.4. The van der Waals surface area contributed by atoms with Crippen molar-refractivity contribution in [2.24, 2.45) is 0 Å². The minimum absolute atomic E-state index is 0.0964. The molecule has 2 heterocycles. The minimum Gasteiger partial charge on any atom is -0.495 e. The van der Waals surface area contributed by atoms with Gasteiger partial charge >= 0.3 is 0 Å². The summed E-state index contributed by atoms with van der Waals surface area (Å²) in [6, 6.07) is 12.0. The molecule has 1 aromatic heterocycles. The van der Waals surface area contributed by atoms with Crippen molar-refractivity contribution >= 4 is 22.9 Å². The third-order valence-corrected chi connectivity index (χ3v) is 5.56. The summed E-state index contributed by atoms with van der Waals surface area (Å²) in [7, 11) is 1.70. The summed E-state index contributed by atoms with van der Waals surface area (Å²) in [6.45, 7) is 6.12. The van der Waals surface area contributed by atoms with Crippen molar-refractivity contribution in [3.63, 3.8) is 0 Å². The summed E-state index contributed by atoms with van der Waals surface area (Å²) in [5.41, 5.74) is 1.12. The summed E-state index contributed by atoms with van der Waals surface area (Å²) in [5.74, 6) is 0.997. The number of hydrogen-bond acceptors (Lipinski definition) is 5. The number of anilines is 1. The molecule has 134 valence electrons. The first-order valence-electron chi connectivity index (χ1n) is 8.61. The van der Waals surface area contributed by atoms with Crippen molar-refractivity contribution in [1.29, 1.82) is 0 Å². The lowest BCUT2D eigenvalue weighted by Crippen LogP contribution is -2.53. The van der Waals surface area contributed by atoms with E-state index in [2.05, 4.69) is 21.2 Å². The van der Waals surface area contributed by atoms with Gasteiger partial charge in [-0.15, -0.1) is 11.3 Å². The Bertz CT molecular complexity index is 682. The summed E-state index contributed by atoms with van der Waals surface area (Å²) < 4.78 is 5.46. The van der Waals surface area contributed by atoms with Crippen LogP contribution in [0.15, 0.2) is 41.8 Å². The van der Waals surface area contributed by atoms with E-state index in [0.29, 0.717) is 6.54 Å². The molecule has 25 heavy (non-hydrogen) atoms. The molecule has 1 atom stereocenters. The summed E-state index contributed by atoms with van der Waals surface area (Å²) in [4.78, 5) is 18.2. The number of methoxy groups -OCH3 is 1. The molecule has 0 spiro atoms. The normalized spacial score (nSPS) is 16.5. The van der Waals surface area contributed by atoms with E-state index < -0.39 is 0 Å². The van der Waals surface area contributed by atoms with Crippen molar-refractivity contribution in [2.45, 2.75) is 19.5 Å². The van der Waals surface area contributed by atoms with Gasteiger partial charge < -0.3 is 15.0 Å². The molecule has 0 aliphatic carbocycles. The maximum atomic E-state index is 12.4. The lowest BCUT2D eigenvalue weighted by molar-refractivity contribution is -0.126. The van der Waals surface area contributed by atoms with Crippen LogP contribution in [0.1, 0.15) is 11.8 Å². The Labute approximate surface area is 153 Å². The fraction of sp³-hybridized carbons (Fsp3) is 0.421. The molecule has 1 aromatic carbocycles. The molecule has 1 unspecified atom stereocenters. The smallest absolute Gasteiger partial charge is 0.237 e. The van der Waals surface area contributed by atoms with Crippen molar-refractivity contribution in [3.05, 3.63) is 46.7 Å². The van der Waals surface area contributed by atoms with Crippen LogP contribution in [0.5, 0.6) is 5.75 Å². The monoisotopic (exact) mass is 359 g/mol. The van der Waals surface area contributed by atoms with E-state index in [1.165, 1.54) is 4.88 Å². The number of thiophene rings is 1. The zero-order valence-corrected chi connectivity index (χ0v) is 15.6. The largest absolute Gasteiger partial charge is 0.495 e. The number of rotatable bonds is 6. The molecular formula is C19H25N3O2S. The van der Waals surface area contributed by atoms with E-state index >= 15 is 0 Å². The topological polar surface area (TPSA) is 44.8 Å². The Morgan fingerprint density at radius 2 is 1.96 bits per heavy atom. The average molecular weight is 359 g/mol. The number of ether oxygens (including phenoxy) is 1. The molecule has 1 amide bonds. The molecule has 3 rings (SSSR count). The number of amides is 1. The predicted molar refractivity (Wildman–Crippen MR) is 102 cm³/mol. The van der Waals surface area contributed by atoms with Gasteiger partial charge in [-0.2, -0.15) is 0 Å². The molecular weight excluding hydrogens is 334 g/mol. The molecule has 0 bridgehead atoms. The minimum atomic E-state index is -0.111.